The molecule has 0 radical (unpaired) electrons. The molecule has 6 heteroatoms. The second-order valence-electron chi connectivity index (χ2n) is 8.16. The number of rotatable bonds is 4. The lowest BCUT2D eigenvalue weighted by Gasteiger charge is -2.29. The Morgan fingerprint density at radius 2 is 1.93 bits per heavy atom. The van der Waals surface area contributed by atoms with E-state index in [2.05, 4.69) is 0 Å². The first-order chi connectivity index (χ1) is 12.6. The zero-order valence-corrected chi connectivity index (χ0v) is 16.6. The highest BCUT2D eigenvalue weighted by Crippen LogP contribution is 2.43. The molecule has 1 fully saturated rings. The van der Waals surface area contributed by atoms with Crippen molar-refractivity contribution in [2.45, 2.75) is 45.0 Å². The Morgan fingerprint density at radius 1 is 1.22 bits per heavy atom. The first-order valence-corrected chi connectivity index (χ1v) is 9.07. The van der Waals surface area contributed by atoms with Gasteiger partial charge >= 0.3 is 0 Å². The molecule has 6 nitrogen and oxygen atoms in total. The second kappa shape index (κ2) is 5.76. The average molecular weight is 371 g/mol. The number of aryl methyl sites for hydroxylation is 1. The first-order valence-electron chi connectivity index (χ1n) is 9.07. The third-order valence-corrected chi connectivity index (χ3v) is 5.23. The zero-order chi connectivity index (χ0) is 19.6. The molecule has 0 N–H and O–H groups in total. The molecule has 3 heterocycles. The highest BCUT2D eigenvalue weighted by atomic mass is 16.6. The predicted molar refractivity (Wildman–Crippen MR) is 104 cm³/mol. The van der Waals surface area contributed by atoms with Crippen LogP contribution in [0.15, 0.2) is 23.0 Å². The molecule has 2 aliphatic heterocycles. The van der Waals surface area contributed by atoms with Crippen LogP contribution in [0.4, 0.5) is 0 Å². The van der Waals surface area contributed by atoms with Crippen LogP contribution in [0.25, 0.3) is 17.0 Å². The summed E-state index contributed by atoms with van der Waals surface area (Å²) in [6.45, 7) is 8.36. The van der Waals surface area contributed by atoms with Crippen molar-refractivity contribution in [3.63, 3.8) is 0 Å². The SMILES string of the molecule is COc1ccc2c3c(c(=O)n(C)c2c1OCC1OC1(C)C)C=CC(C)(C)O3. The largest absolute Gasteiger partial charge is 0.493 e. The van der Waals surface area contributed by atoms with Crippen molar-refractivity contribution in [1.82, 2.24) is 4.57 Å². The molecule has 1 saturated heterocycles. The van der Waals surface area contributed by atoms with Gasteiger partial charge in [-0.3, -0.25) is 4.79 Å². The molecule has 4 rings (SSSR count). The lowest BCUT2D eigenvalue weighted by molar-refractivity contribution is 0.161. The molecule has 0 saturated carbocycles. The number of benzene rings is 1. The molecule has 0 spiro atoms. The summed E-state index contributed by atoms with van der Waals surface area (Å²) in [4.78, 5) is 13.0. The van der Waals surface area contributed by atoms with Crippen molar-refractivity contribution >= 4 is 17.0 Å². The van der Waals surface area contributed by atoms with Crippen LogP contribution in [0.3, 0.4) is 0 Å². The average Bonchev–Trinajstić information content (AvgIpc) is 3.22. The molecule has 1 aromatic carbocycles. The summed E-state index contributed by atoms with van der Waals surface area (Å²) in [6, 6.07) is 3.75. The van der Waals surface area contributed by atoms with E-state index < -0.39 is 5.60 Å². The van der Waals surface area contributed by atoms with Crippen LogP contribution < -0.4 is 19.8 Å². The Hall–Kier alpha value is -2.47. The third-order valence-electron chi connectivity index (χ3n) is 5.23. The fourth-order valence-corrected chi connectivity index (χ4v) is 3.46. The molecular weight excluding hydrogens is 346 g/mol. The van der Waals surface area contributed by atoms with E-state index in [4.69, 9.17) is 18.9 Å². The normalized spacial score (nSPS) is 21.5. The van der Waals surface area contributed by atoms with Crippen molar-refractivity contribution in [2.75, 3.05) is 13.7 Å². The van der Waals surface area contributed by atoms with Crippen molar-refractivity contribution in [3.8, 4) is 17.2 Å². The topological polar surface area (TPSA) is 62.2 Å². The van der Waals surface area contributed by atoms with Crippen LogP contribution in [-0.2, 0) is 11.8 Å². The van der Waals surface area contributed by atoms with Crippen molar-refractivity contribution < 1.29 is 18.9 Å². The molecule has 2 aliphatic rings. The highest BCUT2D eigenvalue weighted by molar-refractivity contribution is 5.95. The zero-order valence-electron chi connectivity index (χ0n) is 16.6. The minimum absolute atomic E-state index is 0.0187. The van der Waals surface area contributed by atoms with Crippen molar-refractivity contribution in [1.29, 1.82) is 0 Å². The smallest absolute Gasteiger partial charge is 0.261 e. The Kier molecular flexibility index (Phi) is 3.82. The molecule has 27 heavy (non-hydrogen) atoms. The molecule has 2 aromatic rings. The molecule has 1 aromatic heterocycles. The lowest BCUT2D eigenvalue weighted by atomic mass is 10.0. The van der Waals surface area contributed by atoms with Gasteiger partial charge in [0.25, 0.3) is 5.56 Å². The number of hydrogen-bond donors (Lipinski definition) is 0. The summed E-state index contributed by atoms with van der Waals surface area (Å²) < 4.78 is 25.0. The molecule has 144 valence electrons. The molecule has 0 amide bonds. The summed E-state index contributed by atoms with van der Waals surface area (Å²) >= 11 is 0. The number of fused-ring (bicyclic) bond motifs is 3. The standard InChI is InChI=1S/C21H25NO5/c1-20(2)10-9-13-17(27-20)12-7-8-14(24-6)18(16(12)22(5)19(13)23)25-11-15-21(3,4)26-15/h7-10,15H,11H2,1-6H3. The van der Waals surface area contributed by atoms with E-state index in [0.717, 1.165) is 5.39 Å². The van der Waals surface area contributed by atoms with E-state index in [1.807, 2.05) is 52.0 Å². The number of aromatic nitrogens is 1. The monoisotopic (exact) mass is 371 g/mol. The molecular formula is C21H25NO5. The second-order valence-corrected chi connectivity index (χ2v) is 8.16. The van der Waals surface area contributed by atoms with Gasteiger partial charge in [-0.05, 0) is 52.0 Å². The summed E-state index contributed by atoms with van der Waals surface area (Å²) in [5, 5.41) is 0.816. The number of methoxy groups -OCH3 is 1. The number of epoxide rings is 1. The van der Waals surface area contributed by atoms with Gasteiger partial charge in [-0.15, -0.1) is 0 Å². The maximum atomic E-state index is 13.0. The quantitative estimate of drug-likeness (QED) is 0.772. The van der Waals surface area contributed by atoms with Gasteiger partial charge in [0.15, 0.2) is 11.5 Å². The molecule has 1 unspecified atom stereocenters. The molecule has 0 aliphatic carbocycles. The predicted octanol–water partition coefficient (Wildman–Crippen LogP) is 3.29. The van der Waals surface area contributed by atoms with E-state index in [-0.39, 0.29) is 17.3 Å². The van der Waals surface area contributed by atoms with E-state index in [1.54, 1.807) is 18.7 Å². The molecule has 1 atom stereocenters. The van der Waals surface area contributed by atoms with Gasteiger partial charge in [0.1, 0.15) is 29.6 Å². The van der Waals surface area contributed by atoms with Gasteiger partial charge in [-0.1, -0.05) is 0 Å². The van der Waals surface area contributed by atoms with E-state index in [9.17, 15) is 4.79 Å². The third kappa shape index (κ3) is 2.88. The Bertz CT molecular complexity index is 1020. The van der Waals surface area contributed by atoms with Gasteiger partial charge < -0.3 is 23.5 Å². The van der Waals surface area contributed by atoms with Crippen LogP contribution in [0.5, 0.6) is 17.2 Å². The van der Waals surface area contributed by atoms with Gasteiger partial charge in [0, 0.05) is 12.4 Å². The maximum Gasteiger partial charge on any atom is 0.261 e. The lowest BCUT2D eigenvalue weighted by Crippen LogP contribution is -2.31. The minimum Gasteiger partial charge on any atom is -0.493 e. The van der Waals surface area contributed by atoms with Crippen LogP contribution >= 0.6 is 0 Å². The van der Waals surface area contributed by atoms with Gasteiger partial charge in [-0.2, -0.15) is 0 Å². The van der Waals surface area contributed by atoms with Crippen molar-refractivity contribution in [3.05, 3.63) is 34.1 Å². The minimum atomic E-state index is -0.487. The van der Waals surface area contributed by atoms with E-state index in [1.165, 1.54) is 0 Å². The van der Waals surface area contributed by atoms with Crippen LogP contribution in [0.2, 0.25) is 0 Å². The number of nitrogens with zero attached hydrogens (tertiary/aromatic N) is 1. The summed E-state index contributed by atoms with van der Waals surface area (Å²) in [6.07, 6.45) is 3.76. The summed E-state index contributed by atoms with van der Waals surface area (Å²) in [7, 11) is 3.33. The fraction of sp³-hybridized carbons (Fsp3) is 0.476. The van der Waals surface area contributed by atoms with Gasteiger partial charge in [-0.25, -0.2) is 0 Å². The van der Waals surface area contributed by atoms with Crippen LogP contribution in [0, 0.1) is 0 Å². The van der Waals surface area contributed by atoms with Crippen molar-refractivity contribution in [2.24, 2.45) is 7.05 Å². The Labute approximate surface area is 158 Å². The van der Waals surface area contributed by atoms with Crippen LogP contribution in [-0.4, -0.2) is 35.6 Å². The Morgan fingerprint density at radius 3 is 2.56 bits per heavy atom. The summed E-state index contributed by atoms with van der Waals surface area (Å²) in [5.41, 5.74) is 0.403. The van der Waals surface area contributed by atoms with Gasteiger partial charge in [0.05, 0.1) is 18.3 Å². The number of pyridine rings is 1. The maximum absolute atomic E-state index is 13.0. The first kappa shape index (κ1) is 17.9. The number of hydrogen-bond acceptors (Lipinski definition) is 5. The Balaban J connectivity index is 1.90. The molecule has 0 bridgehead atoms. The van der Waals surface area contributed by atoms with Crippen LogP contribution in [0.1, 0.15) is 33.3 Å². The van der Waals surface area contributed by atoms with Gasteiger partial charge in [0.2, 0.25) is 0 Å². The van der Waals surface area contributed by atoms with E-state index >= 15 is 0 Å². The van der Waals surface area contributed by atoms with E-state index in [0.29, 0.717) is 34.9 Å². The highest BCUT2D eigenvalue weighted by Gasteiger charge is 2.48. The fourth-order valence-electron chi connectivity index (χ4n) is 3.46. The number of ether oxygens (including phenoxy) is 4. The summed E-state index contributed by atoms with van der Waals surface area (Å²) in [5.74, 6) is 1.68.